The molecule has 0 fully saturated rings. The molecule has 0 aromatic heterocycles. The highest BCUT2D eigenvalue weighted by Crippen LogP contribution is 2.17. The topological polar surface area (TPSA) is 38.3 Å². The highest BCUT2D eigenvalue weighted by atomic mass is 19.1. The van der Waals surface area contributed by atoms with Crippen molar-refractivity contribution in [2.45, 2.75) is 26.7 Å². The van der Waals surface area contributed by atoms with Crippen molar-refractivity contribution in [2.75, 3.05) is 13.2 Å². The van der Waals surface area contributed by atoms with E-state index in [2.05, 4.69) is 5.32 Å². The summed E-state index contributed by atoms with van der Waals surface area (Å²) in [6.45, 7) is 4.36. The van der Waals surface area contributed by atoms with Gasteiger partial charge in [-0.05, 0) is 25.0 Å². The number of ether oxygens (including phenoxy) is 1. The molecule has 1 aromatic carbocycles. The number of carbonyl (C=O) groups excluding carboxylic acids is 1. The van der Waals surface area contributed by atoms with Crippen LogP contribution in [0.25, 0.3) is 0 Å². The molecule has 0 aliphatic carbocycles. The second kappa shape index (κ2) is 7.71. The van der Waals surface area contributed by atoms with E-state index < -0.39 is 11.6 Å². The molecule has 0 aliphatic heterocycles. The number of rotatable bonds is 7. The van der Waals surface area contributed by atoms with Crippen LogP contribution >= 0.6 is 0 Å². The number of hydrogen-bond donors (Lipinski definition) is 1. The molecule has 3 nitrogen and oxygen atoms in total. The molecule has 1 N–H and O–H groups in total. The van der Waals surface area contributed by atoms with E-state index in [1.807, 2.05) is 13.8 Å². The SMILES string of the molecule is CCC(CC)C(=O)NCCOc1ccc(F)cc1F. The number of amides is 1. The van der Waals surface area contributed by atoms with Gasteiger partial charge in [0.2, 0.25) is 5.91 Å². The van der Waals surface area contributed by atoms with Crippen LogP contribution in [-0.2, 0) is 4.79 Å². The first-order valence-electron chi connectivity index (χ1n) is 6.44. The number of carbonyl (C=O) groups is 1. The summed E-state index contributed by atoms with van der Waals surface area (Å²) >= 11 is 0. The minimum atomic E-state index is -0.744. The average Bonchev–Trinajstić information content (AvgIpc) is 2.38. The van der Waals surface area contributed by atoms with Crippen LogP contribution in [-0.4, -0.2) is 19.1 Å². The van der Waals surface area contributed by atoms with E-state index in [1.165, 1.54) is 6.07 Å². The maximum absolute atomic E-state index is 13.2. The van der Waals surface area contributed by atoms with Gasteiger partial charge in [0.15, 0.2) is 11.6 Å². The molecule has 106 valence electrons. The van der Waals surface area contributed by atoms with Crippen LogP contribution in [0.15, 0.2) is 18.2 Å². The molecule has 0 atom stereocenters. The van der Waals surface area contributed by atoms with Gasteiger partial charge in [0.1, 0.15) is 12.4 Å². The Hall–Kier alpha value is -1.65. The molecule has 1 amide bonds. The highest BCUT2D eigenvalue weighted by molar-refractivity contribution is 5.78. The zero-order valence-corrected chi connectivity index (χ0v) is 11.2. The zero-order chi connectivity index (χ0) is 14.3. The van der Waals surface area contributed by atoms with Crippen LogP contribution < -0.4 is 10.1 Å². The zero-order valence-electron chi connectivity index (χ0n) is 11.2. The Bertz CT molecular complexity index is 420. The third kappa shape index (κ3) is 4.85. The first-order valence-corrected chi connectivity index (χ1v) is 6.44. The second-order valence-electron chi connectivity index (χ2n) is 4.23. The summed E-state index contributed by atoms with van der Waals surface area (Å²) in [4.78, 5) is 11.6. The smallest absolute Gasteiger partial charge is 0.223 e. The monoisotopic (exact) mass is 271 g/mol. The van der Waals surface area contributed by atoms with Gasteiger partial charge in [0, 0.05) is 12.0 Å². The summed E-state index contributed by atoms with van der Waals surface area (Å²) in [5.41, 5.74) is 0. The predicted octanol–water partition coefficient (Wildman–Crippen LogP) is 2.90. The van der Waals surface area contributed by atoms with E-state index in [0.29, 0.717) is 6.54 Å². The lowest BCUT2D eigenvalue weighted by Crippen LogP contribution is -2.33. The van der Waals surface area contributed by atoms with Gasteiger partial charge in [-0.25, -0.2) is 8.78 Å². The Balaban J connectivity index is 2.33. The Morgan fingerprint density at radius 3 is 2.58 bits per heavy atom. The summed E-state index contributed by atoms with van der Waals surface area (Å²) in [6, 6.07) is 3.12. The fourth-order valence-corrected chi connectivity index (χ4v) is 1.73. The van der Waals surface area contributed by atoms with Crippen molar-refractivity contribution >= 4 is 5.91 Å². The molecule has 0 radical (unpaired) electrons. The van der Waals surface area contributed by atoms with Crippen LogP contribution in [0, 0.1) is 17.6 Å². The van der Waals surface area contributed by atoms with Crippen LogP contribution in [0.1, 0.15) is 26.7 Å². The molecule has 1 aromatic rings. The van der Waals surface area contributed by atoms with Crippen LogP contribution in [0.5, 0.6) is 5.75 Å². The first kappa shape index (κ1) is 15.4. The van der Waals surface area contributed by atoms with Crippen LogP contribution in [0.4, 0.5) is 8.78 Å². The molecule has 0 spiro atoms. The maximum atomic E-state index is 13.2. The van der Waals surface area contributed by atoms with Crippen molar-refractivity contribution in [2.24, 2.45) is 5.92 Å². The van der Waals surface area contributed by atoms with E-state index in [-0.39, 0.29) is 24.2 Å². The standard InChI is InChI=1S/C14H19F2NO2/c1-3-10(4-2)14(18)17-7-8-19-13-6-5-11(15)9-12(13)16/h5-6,9-10H,3-4,7-8H2,1-2H3,(H,17,18). The van der Waals surface area contributed by atoms with E-state index in [1.54, 1.807) is 0 Å². The minimum Gasteiger partial charge on any atom is -0.489 e. The van der Waals surface area contributed by atoms with E-state index in [0.717, 1.165) is 25.0 Å². The van der Waals surface area contributed by atoms with Gasteiger partial charge in [-0.3, -0.25) is 4.79 Å². The lowest BCUT2D eigenvalue weighted by atomic mass is 10.0. The van der Waals surface area contributed by atoms with Crippen LogP contribution in [0.2, 0.25) is 0 Å². The highest BCUT2D eigenvalue weighted by Gasteiger charge is 2.13. The molecular weight excluding hydrogens is 252 g/mol. The van der Waals surface area contributed by atoms with E-state index in [9.17, 15) is 13.6 Å². The van der Waals surface area contributed by atoms with E-state index >= 15 is 0 Å². The molecule has 0 saturated carbocycles. The lowest BCUT2D eigenvalue weighted by Gasteiger charge is -2.13. The number of nitrogens with one attached hydrogen (secondary N) is 1. The molecule has 1 rings (SSSR count). The normalized spacial score (nSPS) is 10.6. The van der Waals surface area contributed by atoms with Gasteiger partial charge >= 0.3 is 0 Å². The molecule has 19 heavy (non-hydrogen) atoms. The van der Waals surface area contributed by atoms with Crippen molar-refractivity contribution in [1.29, 1.82) is 0 Å². The van der Waals surface area contributed by atoms with Crippen molar-refractivity contribution < 1.29 is 18.3 Å². The van der Waals surface area contributed by atoms with Crippen LogP contribution in [0.3, 0.4) is 0 Å². The lowest BCUT2D eigenvalue weighted by molar-refractivity contribution is -0.125. The van der Waals surface area contributed by atoms with Gasteiger partial charge < -0.3 is 10.1 Å². The van der Waals surface area contributed by atoms with Gasteiger partial charge in [-0.1, -0.05) is 13.8 Å². The number of hydrogen-bond acceptors (Lipinski definition) is 2. The minimum absolute atomic E-state index is 0.00237. The third-order valence-corrected chi connectivity index (χ3v) is 2.91. The molecule has 0 unspecified atom stereocenters. The predicted molar refractivity (Wildman–Crippen MR) is 68.9 cm³/mol. The largest absolute Gasteiger partial charge is 0.489 e. The molecule has 5 heteroatoms. The average molecular weight is 271 g/mol. The van der Waals surface area contributed by atoms with E-state index in [4.69, 9.17) is 4.74 Å². The van der Waals surface area contributed by atoms with Gasteiger partial charge in [0.25, 0.3) is 0 Å². The summed E-state index contributed by atoms with van der Waals surface area (Å²) < 4.78 is 31.0. The summed E-state index contributed by atoms with van der Waals surface area (Å²) in [5.74, 6) is -1.42. The Kier molecular flexibility index (Phi) is 6.25. The fraction of sp³-hybridized carbons (Fsp3) is 0.500. The van der Waals surface area contributed by atoms with Gasteiger partial charge in [0.05, 0.1) is 6.54 Å². The Morgan fingerprint density at radius 1 is 1.32 bits per heavy atom. The molecular formula is C14H19F2NO2. The summed E-state index contributed by atoms with van der Waals surface area (Å²) in [7, 11) is 0. The van der Waals surface area contributed by atoms with Crippen molar-refractivity contribution in [1.82, 2.24) is 5.32 Å². The third-order valence-electron chi connectivity index (χ3n) is 2.91. The molecule has 0 aliphatic rings. The van der Waals surface area contributed by atoms with Crippen molar-refractivity contribution in [3.8, 4) is 5.75 Å². The summed E-state index contributed by atoms with van der Waals surface area (Å²) in [5, 5.41) is 2.73. The van der Waals surface area contributed by atoms with Crippen molar-refractivity contribution in [3.05, 3.63) is 29.8 Å². The first-order chi connectivity index (χ1) is 9.08. The van der Waals surface area contributed by atoms with Crippen molar-refractivity contribution in [3.63, 3.8) is 0 Å². The Morgan fingerprint density at radius 2 is 2.00 bits per heavy atom. The second-order valence-corrected chi connectivity index (χ2v) is 4.23. The number of halogens is 2. The molecule has 0 saturated heterocycles. The van der Waals surface area contributed by atoms with Gasteiger partial charge in [-0.15, -0.1) is 0 Å². The maximum Gasteiger partial charge on any atom is 0.223 e. The quantitative estimate of drug-likeness (QED) is 0.774. The van der Waals surface area contributed by atoms with Gasteiger partial charge in [-0.2, -0.15) is 0 Å². The molecule has 0 bridgehead atoms. The summed E-state index contributed by atoms with van der Waals surface area (Å²) in [6.07, 6.45) is 1.57. The molecule has 0 heterocycles. The number of benzene rings is 1. The Labute approximate surface area is 112 Å². The fourth-order valence-electron chi connectivity index (χ4n) is 1.73.